The molecule has 1 amide bonds. The van der Waals surface area contributed by atoms with Crippen LogP contribution in [0.3, 0.4) is 0 Å². The topological polar surface area (TPSA) is 78.9 Å². The third-order valence-corrected chi connectivity index (χ3v) is 5.48. The molecule has 0 unspecified atom stereocenters. The second-order valence-electron chi connectivity index (χ2n) is 7.51. The van der Waals surface area contributed by atoms with Crippen molar-refractivity contribution < 1.29 is 19.4 Å². The van der Waals surface area contributed by atoms with Crippen molar-refractivity contribution in [3.8, 4) is 0 Å². The highest BCUT2D eigenvalue weighted by Gasteiger charge is 2.36. The van der Waals surface area contributed by atoms with Crippen LogP contribution in [-0.4, -0.2) is 43.3 Å². The number of anilines is 2. The summed E-state index contributed by atoms with van der Waals surface area (Å²) >= 11 is 0. The summed E-state index contributed by atoms with van der Waals surface area (Å²) in [5.74, 6) is -0.902. The van der Waals surface area contributed by atoms with E-state index in [4.69, 9.17) is 4.74 Å². The molecule has 0 spiro atoms. The number of amides is 1. The van der Waals surface area contributed by atoms with E-state index in [1.54, 1.807) is 0 Å². The van der Waals surface area contributed by atoms with Gasteiger partial charge in [0.05, 0.1) is 19.6 Å². The highest BCUT2D eigenvalue weighted by Crippen LogP contribution is 2.42. The van der Waals surface area contributed by atoms with Gasteiger partial charge >= 0.3 is 5.97 Å². The number of carboxylic acid groups (broad SMARTS) is 1. The molecule has 1 aromatic rings. The Morgan fingerprint density at radius 3 is 2.54 bits per heavy atom. The second-order valence-corrected chi connectivity index (χ2v) is 7.51. The summed E-state index contributed by atoms with van der Waals surface area (Å²) in [5.41, 5.74) is 1.44. The molecule has 1 heterocycles. The first-order chi connectivity index (χ1) is 12.6. The summed E-state index contributed by atoms with van der Waals surface area (Å²) in [6.07, 6.45) is 5.14. The van der Waals surface area contributed by atoms with E-state index in [-0.39, 0.29) is 18.7 Å². The van der Waals surface area contributed by atoms with Crippen LogP contribution in [-0.2, 0) is 14.3 Å². The van der Waals surface area contributed by atoms with Gasteiger partial charge in [-0.3, -0.25) is 9.59 Å². The first-order valence-corrected chi connectivity index (χ1v) is 9.51. The smallest absolute Gasteiger partial charge is 0.303 e. The van der Waals surface area contributed by atoms with Crippen LogP contribution >= 0.6 is 0 Å². The Morgan fingerprint density at radius 1 is 1.12 bits per heavy atom. The highest BCUT2D eigenvalue weighted by molar-refractivity contribution is 5.92. The average Bonchev–Trinajstić information content (AvgIpc) is 2.62. The number of morpholine rings is 1. The lowest BCUT2D eigenvalue weighted by Gasteiger charge is -2.35. The molecule has 0 radical (unpaired) electrons. The summed E-state index contributed by atoms with van der Waals surface area (Å²) in [4.78, 5) is 26.1. The van der Waals surface area contributed by atoms with E-state index in [0.29, 0.717) is 13.2 Å². The van der Waals surface area contributed by atoms with Gasteiger partial charge in [0.1, 0.15) is 0 Å². The molecular formula is C20H28N2O4. The minimum Gasteiger partial charge on any atom is -0.481 e. The van der Waals surface area contributed by atoms with E-state index in [9.17, 15) is 14.7 Å². The van der Waals surface area contributed by atoms with Crippen molar-refractivity contribution in [3.63, 3.8) is 0 Å². The maximum atomic E-state index is 12.6. The Balaban J connectivity index is 1.64. The van der Waals surface area contributed by atoms with Gasteiger partial charge in [0, 0.05) is 30.9 Å². The molecule has 2 N–H and O–H groups in total. The molecule has 0 bridgehead atoms. The van der Waals surface area contributed by atoms with Gasteiger partial charge in [-0.1, -0.05) is 25.3 Å². The van der Waals surface area contributed by atoms with Crippen LogP contribution in [0.1, 0.15) is 44.9 Å². The molecule has 1 saturated carbocycles. The molecule has 1 saturated heterocycles. The Bertz CT molecular complexity index is 634. The molecule has 6 heteroatoms. The molecule has 0 atom stereocenters. The lowest BCUT2D eigenvalue weighted by molar-refractivity contribution is -0.140. The van der Waals surface area contributed by atoms with E-state index < -0.39 is 11.4 Å². The van der Waals surface area contributed by atoms with Gasteiger partial charge in [-0.05, 0) is 36.5 Å². The van der Waals surface area contributed by atoms with Crippen LogP contribution in [0.15, 0.2) is 24.3 Å². The van der Waals surface area contributed by atoms with Gasteiger partial charge < -0.3 is 20.1 Å². The number of ether oxygens (including phenoxy) is 1. The van der Waals surface area contributed by atoms with Crippen molar-refractivity contribution in [1.29, 1.82) is 0 Å². The minimum absolute atomic E-state index is 0.0776. The third-order valence-electron chi connectivity index (χ3n) is 5.48. The fourth-order valence-corrected chi connectivity index (χ4v) is 4.19. The summed E-state index contributed by atoms with van der Waals surface area (Å²) in [6.45, 7) is 3.13. The normalized spacial score (nSPS) is 19.8. The van der Waals surface area contributed by atoms with E-state index >= 15 is 0 Å². The molecule has 26 heavy (non-hydrogen) atoms. The predicted molar refractivity (Wildman–Crippen MR) is 100 cm³/mol. The van der Waals surface area contributed by atoms with Gasteiger partial charge in [-0.25, -0.2) is 0 Å². The molecule has 1 aliphatic heterocycles. The maximum Gasteiger partial charge on any atom is 0.303 e. The van der Waals surface area contributed by atoms with E-state index in [1.165, 1.54) is 0 Å². The van der Waals surface area contributed by atoms with Crippen LogP contribution in [0.4, 0.5) is 11.4 Å². The maximum absolute atomic E-state index is 12.6. The standard InChI is InChI=1S/C20H28N2O4/c23-18(14-20(15-19(24)25)7-2-1-3-8-20)21-16-5-4-6-17(13-16)22-9-11-26-12-10-22/h4-6,13H,1-3,7-12,14-15H2,(H,21,23)(H,24,25). The molecule has 142 valence electrons. The van der Waals surface area contributed by atoms with Crippen molar-refractivity contribution in [2.45, 2.75) is 44.9 Å². The van der Waals surface area contributed by atoms with E-state index in [1.807, 2.05) is 24.3 Å². The Labute approximate surface area is 154 Å². The first kappa shape index (κ1) is 18.7. The third kappa shape index (κ3) is 4.97. The fourth-order valence-electron chi connectivity index (χ4n) is 4.19. The van der Waals surface area contributed by atoms with E-state index in [2.05, 4.69) is 10.2 Å². The summed E-state index contributed by atoms with van der Waals surface area (Å²) < 4.78 is 5.38. The number of hydrogen-bond donors (Lipinski definition) is 2. The van der Waals surface area contributed by atoms with Gasteiger partial charge in [-0.2, -0.15) is 0 Å². The van der Waals surface area contributed by atoms with E-state index in [0.717, 1.165) is 56.6 Å². The lowest BCUT2D eigenvalue weighted by Crippen LogP contribution is -2.36. The largest absolute Gasteiger partial charge is 0.481 e. The number of carboxylic acids is 1. The second kappa shape index (κ2) is 8.54. The zero-order chi connectivity index (χ0) is 18.4. The SMILES string of the molecule is O=C(O)CC1(CC(=O)Nc2cccc(N3CCOCC3)c2)CCCCC1. The quantitative estimate of drug-likeness (QED) is 0.814. The van der Waals surface area contributed by atoms with Crippen molar-refractivity contribution in [1.82, 2.24) is 0 Å². The Kier molecular flexibility index (Phi) is 6.14. The van der Waals surface area contributed by atoms with Crippen molar-refractivity contribution in [3.05, 3.63) is 24.3 Å². The van der Waals surface area contributed by atoms with Gasteiger partial charge in [0.25, 0.3) is 0 Å². The molecule has 1 aromatic carbocycles. The number of carbonyl (C=O) groups excluding carboxylic acids is 1. The summed E-state index contributed by atoms with van der Waals surface area (Å²) in [5, 5.41) is 12.2. The molecule has 0 aromatic heterocycles. The molecule has 2 aliphatic rings. The predicted octanol–water partition coefficient (Wildman–Crippen LogP) is 3.28. The zero-order valence-corrected chi connectivity index (χ0v) is 15.2. The van der Waals surface area contributed by atoms with Gasteiger partial charge in [-0.15, -0.1) is 0 Å². The molecule has 2 fully saturated rings. The zero-order valence-electron chi connectivity index (χ0n) is 15.2. The Hall–Kier alpha value is -2.08. The van der Waals surface area contributed by atoms with Gasteiger partial charge in [0.2, 0.25) is 5.91 Å². The molecule has 6 nitrogen and oxygen atoms in total. The molecule has 1 aliphatic carbocycles. The first-order valence-electron chi connectivity index (χ1n) is 9.51. The van der Waals surface area contributed by atoms with Crippen molar-refractivity contribution >= 4 is 23.3 Å². The van der Waals surface area contributed by atoms with Crippen LogP contribution in [0.5, 0.6) is 0 Å². The highest BCUT2D eigenvalue weighted by atomic mass is 16.5. The molecular weight excluding hydrogens is 332 g/mol. The number of hydrogen-bond acceptors (Lipinski definition) is 4. The van der Waals surface area contributed by atoms with Crippen molar-refractivity contribution in [2.24, 2.45) is 5.41 Å². The van der Waals surface area contributed by atoms with Crippen LogP contribution in [0.25, 0.3) is 0 Å². The number of benzene rings is 1. The van der Waals surface area contributed by atoms with Crippen molar-refractivity contribution in [2.75, 3.05) is 36.5 Å². The number of carbonyl (C=O) groups is 2. The average molecular weight is 360 g/mol. The Morgan fingerprint density at radius 2 is 1.85 bits per heavy atom. The van der Waals surface area contributed by atoms with Crippen LogP contribution < -0.4 is 10.2 Å². The lowest BCUT2D eigenvalue weighted by atomic mass is 9.69. The number of nitrogens with zero attached hydrogens (tertiary/aromatic N) is 1. The number of nitrogens with one attached hydrogen (secondary N) is 1. The number of rotatable bonds is 6. The monoisotopic (exact) mass is 360 g/mol. The van der Waals surface area contributed by atoms with Crippen LogP contribution in [0, 0.1) is 5.41 Å². The fraction of sp³-hybridized carbons (Fsp3) is 0.600. The molecule has 3 rings (SSSR count). The van der Waals surface area contributed by atoms with Gasteiger partial charge in [0.15, 0.2) is 0 Å². The summed E-state index contributed by atoms with van der Waals surface area (Å²) in [6, 6.07) is 7.84. The van der Waals surface area contributed by atoms with Crippen LogP contribution in [0.2, 0.25) is 0 Å². The minimum atomic E-state index is -0.811. The summed E-state index contributed by atoms with van der Waals surface area (Å²) in [7, 11) is 0. The number of aliphatic carboxylic acids is 1.